The number of hydrogen-bond donors (Lipinski definition) is 2. The van der Waals surface area contributed by atoms with Crippen molar-refractivity contribution in [2.75, 3.05) is 6.61 Å². The van der Waals surface area contributed by atoms with Crippen molar-refractivity contribution in [3.05, 3.63) is 149 Å². The summed E-state index contributed by atoms with van der Waals surface area (Å²) < 4.78 is 5.45. The Balaban J connectivity index is 1.68. The van der Waals surface area contributed by atoms with E-state index in [0.29, 0.717) is 23.1 Å². The Kier molecular flexibility index (Phi) is 8.28. The van der Waals surface area contributed by atoms with Crippen molar-refractivity contribution in [3.63, 3.8) is 0 Å². The number of amides is 1. The molecule has 0 aromatic heterocycles. The molecule has 4 aromatic carbocycles. The summed E-state index contributed by atoms with van der Waals surface area (Å²) in [6.07, 6.45) is -0.121. The van der Waals surface area contributed by atoms with E-state index >= 15 is 0 Å². The molecule has 5 heteroatoms. The van der Waals surface area contributed by atoms with Crippen LogP contribution in [-0.4, -0.2) is 23.6 Å². The number of nitrogens with one attached hydrogen (secondary N) is 1. The predicted molar refractivity (Wildman–Crippen MR) is 141 cm³/mol. The van der Waals surface area contributed by atoms with E-state index in [1.165, 1.54) is 0 Å². The maximum atomic E-state index is 13.7. The molecule has 0 saturated heterocycles. The highest BCUT2D eigenvalue weighted by molar-refractivity contribution is 6.13. The molecule has 0 saturated carbocycles. The largest absolute Gasteiger partial charge is 0.507 e. The first-order valence-corrected chi connectivity index (χ1v) is 11.7. The molecule has 4 rings (SSSR count). The van der Waals surface area contributed by atoms with Crippen LogP contribution in [0.4, 0.5) is 4.79 Å². The highest BCUT2D eigenvalue weighted by Crippen LogP contribution is 2.31. The molecule has 4 aromatic rings. The first-order valence-electron chi connectivity index (χ1n) is 11.7. The molecule has 0 spiro atoms. The number of ketones is 1. The SMILES string of the molecule is O=C(N[C@@H](C(C(=O)c1ccccc1)=C(O)c1ccccc1)c1ccccc1)OCCc1ccccc1. The minimum Gasteiger partial charge on any atom is -0.507 e. The van der Waals surface area contributed by atoms with E-state index in [4.69, 9.17) is 4.74 Å². The topological polar surface area (TPSA) is 75.6 Å². The first kappa shape index (κ1) is 24.5. The van der Waals surface area contributed by atoms with Crippen LogP contribution in [0.2, 0.25) is 0 Å². The number of Topliss-reactive ketones (excluding diaryl/α,β-unsaturated/α-hetero) is 1. The quantitative estimate of drug-likeness (QED) is 0.163. The Morgan fingerprint density at radius 1 is 0.694 bits per heavy atom. The van der Waals surface area contributed by atoms with Gasteiger partial charge in [-0.3, -0.25) is 4.79 Å². The van der Waals surface area contributed by atoms with Gasteiger partial charge in [-0.25, -0.2) is 4.79 Å². The number of aliphatic hydroxyl groups excluding tert-OH is 1. The van der Waals surface area contributed by atoms with Crippen LogP contribution >= 0.6 is 0 Å². The van der Waals surface area contributed by atoms with Crippen molar-refractivity contribution in [2.45, 2.75) is 12.5 Å². The van der Waals surface area contributed by atoms with Crippen molar-refractivity contribution in [1.82, 2.24) is 5.32 Å². The maximum absolute atomic E-state index is 13.7. The summed E-state index contributed by atoms with van der Waals surface area (Å²) in [4.78, 5) is 26.6. The van der Waals surface area contributed by atoms with E-state index in [2.05, 4.69) is 5.32 Å². The van der Waals surface area contributed by atoms with Crippen LogP contribution in [0, 0.1) is 0 Å². The second-order valence-electron chi connectivity index (χ2n) is 8.18. The summed E-state index contributed by atoms with van der Waals surface area (Å²) in [5, 5.41) is 14.2. The van der Waals surface area contributed by atoms with Crippen LogP contribution in [0.3, 0.4) is 0 Å². The van der Waals surface area contributed by atoms with Gasteiger partial charge in [-0.2, -0.15) is 0 Å². The van der Waals surface area contributed by atoms with Crippen LogP contribution in [0.15, 0.2) is 127 Å². The second kappa shape index (κ2) is 12.2. The summed E-state index contributed by atoms with van der Waals surface area (Å²) >= 11 is 0. The van der Waals surface area contributed by atoms with Gasteiger partial charge in [0.2, 0.25) is 0 Å². The number of aliphatic hydroxyl groups is 1. The maximum Gasteiger partial charge on any atom is 0.407 e. The van der Waals surface area contributed by atoms with Crippen LogP contribution in [0.5, 0.6) is 0 Å². The summed E-state index contributed by atoms with van der Waals surface area (Å²) in [5.41, 5.74) is 2.61. The molecule has 0 aliphatic rings. The fourth-order valence-electron chi connectivity index (χ4n) is 3.91. The van der Waals surface area contributed by atoms with E-state index in [1.54, 1.807) is 60.7 Å². The number of rotatable bonds is 9. The van der Waals surface area contributed by atoms with Crippen molar-refractivity contribution in [1.29, 1.82) is 0 Å². The van der Waals surface area contributed by atoms with Crippen molar-refractivity contribution in [2.24, 2.45) is 0 Å². The minimum atomic E-state index is -0.941. The molecular weight excluding hydrogens is 450 g/mol. The van der Waals surface area contributed by atoms with Gasteiger partial charge < -0.3 is 15.2 Å². The molecular formula is C31H27NO4. The van der Waals surface area contributed by atoms with Crippen LogP contribution in [0.1, 0.15) is 33.1 Å². The van der Waals surface area contributed by atoms with Gasteiger partial charge in [0.25, 0.3) is 0 Å². The average molecular weight is 478 g/mol. The monoisotopic (exact) mass is 477 g/mol. The Bertz CT molecular complexity index is 1300. The van der Waals surface area contributed by atoms with Crippen molar-refractivity contribution >= 4 is 17.6 Å². The third-order valence-corrected chi connectivity index (χ3v) is 5.73. The average Bonchev–Trinajstić information content (AvgIpc) is 2.94. The van der Waals surface area contributed by atoms with Gasteiger partial charge in [-0.05, 0) is 11.1 Å². The lowest BCUT2D eigenvalue weighted by molar-refractivity contribution is 0.102. The normalized spacial score (nSPS) is 12.2. The zero-order chi connectivity index (χ0) is 25.2. The van der Waals surface area contributed by atoms with Gasteiger partial charge in [0, 0.05) is 17.5 Å². The third kappa shape index (κ3) is 6.27. The van der Waals surface area contributed by atoms with Crippen LogP contribution in [-0.2, 0) is 11.2 Å². The zero-order valence-electron chi connectivity index (χ0n) is 19.7. The highest BCUT2D eigenvalue weighted by atomic mass is 16.5. The van der Waals surface area contributed by atoms with E-state index in [9.17, 15) is 14.7 Å². The van der Waals surface area contributed by atoms with Crippen molar-refractivity contribution < 1.29 is 19.4 Å². The van der Waals surface area contributed by atoms with Gasteiger partial charge in [-0.1, -0.05) is 121 Å². The summed E-state index contributed by atoms with van der Waals surface area (Å²) in [7, 11) is 0. The minimum absolute atomic E-state index is 0.0543. The summed E-state index contributed by atoms with van der Waals surface area (Å²) in [6, 6.07) is 35.3. The number of carbonyl (C=O) groups is 2. The highest BCUT2D eigenvalue weighted by Gasteiger charge is 2.30. The molecule has 5 nitrogen and oxygen atoms in total. The Labute approximate surface area is 210 Å². The molecule has 0 fully saturated rings. The van der Waals surface area contributed by atoms with Crippen molar-refractivity contribution in [3.8, 4) is 0 Å². The molecule has 0 heterocycles. The Morgan fingerprint density at radius 3 is 1.78 bits per heavy atom. The number of carbonyl (C=O) groups excluding carboxylic acids is 2. The van der Waals surface area contributed by atoms with Gasteiger partial charge in [-0.15, -0.1) is 0 Å². The number of hydrogen-bond acceptors (Lipinski definition) is 4. The molecule has 2 N–H and O–H groups in total. The van der Waals surface area contributed by atoms with Gasteiger partial charge in [0.15, 0.2) is 5.78 Å². The molecule has 36 heavy (non-hydrogen) atoms. The molecule has 0 bridgehead atoms. The fourth-order valence-corrected chi connectivity index (χ4v) is 3.91. The molecule has 0 aliphatic carbocycles. The molecule has 0 unspecified atom stereocenters. The van der Waals surface area contributed by atoms with E-state index in [-0.39, 0.29) is 17.9 Å². The Hall–Kier alpha value is -4.64. The Morgan fingerprint density at radius 2 is 1.19 bits per heavy atom. The van der Waals surface area contributed by atoms with E-state index in [1.807, 2.05) is 60.7 Å². The van der Waals surface area contributed by atoms with Gasteiger partial charge in [0.1, 0.15) is 5.76 Å². The van der Waals surface area contributed by atoms with Gasteiger partial charge in [0.05, 0.1) is 18.2 Å². The van der Waals surface area contributed by atoms with E-state index < -0.39 is 17.9 Å². The lowest BCUT2D eigenvalue weighted by Gasteiger charge is -2.23. The molecule has 1 amide bonds. The molecule has 0 aliphatic heterocycles. The molecule has 180 valence electrons. The predicted octanol–water partition coefficient (Wildman–Crippen LogP) is 6.55. The van der Waals surface area contributed by atoms with E-state index in [0.717, 1.165) is 5.56 Å². The molecule has 1 atom stereocenters. The smallest absolute Gasteiger partial charge is 0.407 e. The zero-order valence-corrected chi connectivity index (χ0v) is 19.7. The standard InChI is InChI=1S/C31H27NO4/c33-29(25-17-9-3-10-18-25)27(30(34)26-19-11-4-12-20-26)28(24-15-7-2-8-16-24)32-31(35)36-22-21-23-13-5-1-6-14-23/h1-20,28,33H,21-22H2,(H,32,35)/t28-/m1/s1. The van der Waals surface area contributed by atoms with Crippen LogP contribution < -0.4 is 5.32 Å². The third-order valence-electron chi connectivity index (χ3n) is 5.73. The number of alkyl carbamates (subject to hydrolysis) is 1. The first-order chi connectivity index (χ1) is 17.6. The lowest BCUT2D eigenvalue weighted by Crippen LogP contribution is -2.33. The van der Waals surface area contributed by atoms with Gasteiger partial charge >= 0.3 is 6.09 Å². The fraction of sp³-hybridized carbons (Fsp3) is 0.0968. The lowest BCUT2D eigenvalue weighted by atomic mass is 9.89. The summed E-state index contributed by atoms with van der Waals surface area (Å²) in [6.45, 7) is 0.174. The second-order valence-corrected chi connectivity index (χ2v) is 8.18. The number of ether oxygens (including phenoxy) is 1. The van der Waals surface area contributed by atoms with Crippen LogP contribution in [0.25, 0.3) is 5.76 Å². The summed E-state index contributed by atoms with van der Waals surface area (Å²) in [5.74, 6) is -0.599. The molecule has 0 radical (unpaired) electrons. The number of benzene rings is 4.